The summed E-state index contributed by atoms with van der Waals surface area (Å²) in [5.74, 6) is 1.67. The van der Waals surface area contributed by atoms with Crippen molar-refractivity contribution in [2.45, 2.75) is 39.3 Å². The molecule has 0 spiro atoms. The highest BCUT2D eigenvalue weighted by Crippen LogP contribution is 2.19. The minimum Gasteiger partial charge on any atom is -0.352 e. The predicted octanol–water partition coefficient (Wildman–Crippen LogP) is 2.16. The molecule has 0 aliphatic carbocycles. The van der Waals surface area contributed by atoms with Crippen LogP contribution in [0.25, 0.3) is 0 Å². The van der Waals surface area contributed by atoms with Gasteiger partial charge in [0.1, 0.15) is 0 Å². The van der Waals surface area contributed by atoms with Gasteiger partial charge < -0.3 is 9.84 Å². The molecular formula is C18H24N4O2. The van der Waals surface area contributed by atoms with Crippen LogP contribution in [-0.4, -0.2) is 34.0 Å². The quantitative estimate of drug-likeness (QED) is 0.880. The fraction of sp³-hybridized carbons (Fsp3) is 0.500. The summed E-state index contributed by atoms with van der Waals surface area (Å²) >= 11 is 0. The molecule has 2 aromatic rings. The summed E-state index contributed by atoms with van der Waals surface area (Å²) in [4.78, 5) is 18.9. The maximum atomic E-state index is 12.3. The lowest BCUT2D eigenvalue weighted by molar-refractivity contribution is -0.126. The number of likely N-dealkylation sites (tertiary alicyclic amines) is 1. The Morgan fingerprint density at radius 3 is 2.71 bits per heavy atom. The van der Waals surface area contributed by atoms with Crippen LogP contribution in [0, 0.1) is 5.92 Å². The second kappa shape index (κ2) is 8.06. The first-order valence-electron chi connectivity index (χ1n) is 8.60. The zero-order valence-electron chi connectivity index (χ0n) is 14.1. The zero-order chi connectivity index (χ0) is 16.8. The van der Waals surface area contributed by atoms with E-state index in [2.05, 4.69) is 20.4 Å². The van der Waals surface area contributed by atoms with Crippen molar-refractivity contribution in [3.8, 4) is 0 Å². The van der Waals surface area contributed by atoms with Crippen LogP contribution in [0.2, 0.25) is 0 Å². The van der Waals surface area contributed by atoms with Gasteiger partial charge in [-0.1, -0.05) is 42.4 Å². The van der Waals surface area contributed by atoms with E-state index in [1.165, 1.54) is 0 Å². The Kier molecular flexibility index (Phi) is 5.59. The summed E-state index contributed by atoms with van der Waals surface area (Å²) in [6.45, 7) is 5.04. The van der Waals surface area contributed by atoms with E-state index in [1.54, 1.807) is 0 Å². The van der Waals surface area contributed by atoms with Gasteiger partial charge in [0, 0.05) is 18.9 Å². The van der Waals surface area contributed by atoms with Crippen LogP contribution in [0.15, 0.2) is 34.9 Å². The molecule has 1 aliphatic rings. The number of carbonyl (C=O) groups is 1. The van der Waals surface area contributed by atoms with E-state index < -0.39 is 0 Å². The Hall–Kier alpha value is -2.21. The van der Waals surface area contributed by atoms with Gasteiger partial charge in [-0.25, -0.2) is 0 Å². The lowest BCUT2D eigenvalue weighted by atomic mass is 9.96. The van der Waals surface area contributed by atoms with Crippen LogP contribution in [-0.2, 0) is 24.3 Å². The summed E-state index contributed by atoms with van der Waals surface area (Å²) in [6, 6.07) is 10.0. The van der Waals surface area contributed by atoms with Crippen molar-refractivity contribution in [3.05, 3.63) is 47.6 Å². The SMILES string of the molecule is CCc1noc(CN2CCC(C(=O)NCc3ccccc3)CC2)n1. The van der Waals surface area contributed by atoms with Crippen LogP contribution in [0.5, 0.6) is 0 Å². The molecule has 1 aliphatic heterocycles. The minimum absolute atomic E-state index is 0.0962. The van der Waals surface area contributed by atoms with E-state index in [4.69, 9.17) is 4.52 Å². The molecule has 2 heterocycles. The maximum Gasteiger partial charge on any atom is 0.240 e. The van der Waals surface area contributed by atoms with E-state index in [9.17, 15) is 4.79 Å². The summed E-state index contributed by atoms with van der Waals surface area (Å²) in [6.07, 6.45) is 2.53. The van der Waals surface area contributed by atoms with E-state index in [0.29, 0.717) is 19.0 Å². The Morgan fingerprint density at radius 1 is 1.29 bits per heavy atom. The third-order valence-electron chi connectivity index (χ3n) is 4.45. The monoisotopic (exact) mass is 328 g/mol. The van der Waals surface area contributed by atoms with Crippen LogP contribution in [0.3, 0.4) is 0 Å². The number of aromatic nitrogens is 2. The van der Waals surface area contributed by atoms with Crippen molar-refractivity contribution < 1.29 is 9.32 Å². The number of piperidine rings is 1. The van der Waals surface area contributed by atoms with Gasteiger partial charge in [-0.05, 0) is 31.5 Å². The summed E-state index contributed by atoms with van der Waals surface area (Å²) < 4.78 is 5.24. The number of nitrogens with zero attached hydrogens (tertiary/aromatic N) is 3. The molecule has 128 valence electrons. The Balaban J connectivity index is 1.42. The Labute approximate surface area is 142 Å². The topological polar surface area (TPSA) is 71.3 Å². The first-order valence-corrected chi connectivity index (χ1v) is 8.60. The van der Waals surface area contributed by atoms with Crippen molar-refractivity contribution in [1.82, 2.24) is 20.4 Å². The van der Waals surface area contributed by atoms with Crippen molar-refractivity contribution in [2.24, 2.45) is 5.92 Å². The summed E-state index contributed by atoms with van der Waals surface area (Å²) in [7, 11) is 0. The van der Waals surface area contributed by atoms with Crippen molar-refractivity contribution in [1.29, 1.82) is 0 Å². The summed E-state index contributed by atoms with van der Waals surface area (Å²) in [5.41, 5.74) is 1.13. The number of rotatable bonds is 6. The fourth-order valence-electron chi connectivity index (χ4n) is 2.97. The van der Waals surface area contributed by atoms with Crippen LogP contribution in [0.4, 0.5) is 0 Å². The molecular weight excluding hydrogens is 304 g/mol. The van der Waals surface area contributed by atoms with Crippen LogP contribution in [0.1, 0.15) is 37.0 Å². The molecule has 6 heteroatoms. The fourth-order valence-corrected chi connectivity index (χ4v) is 2.97. The number of amides is 1. The summed E-state index contributed by atoms with van der Waals surface area (Å²) in [5, 5.41) is 6.97. The number of benzene rings is 1. The van der Waals surface area contributed by atoms with Crippen LogP contribution >= 0.6 is 0 Å². The highest BCUT2D eigenvalue weighted by Gasteiger charge is 2.25. The van der Waals surface area contributed by atoms with Gasteiger partial charge in [-0.3, -0.25) is 9.69 Å². The van der Waals surface area contributed by atoms with Gasteiger partial charge in [0.05, 0.1) is 6.54 Å². The highest BCUT2D eigenvalue weighted by atomic mass is 16.5. The van der Waals surface area contributed by atoms with Gasteiger partial charge in [0.25, 0.3) is 0 Å². The maximum absolute atomic E-state index is 12.3. The molecule has 3 rings (SSSR count). The molecule has 0 bridgehead atoms. The highest BCUT2D eigenvalue weighted by molar-refractivity contribution is 5.78. The number of hydrogen-bond donors (Lipinski definition) is 1. The van der Waals surface area contributed by atoms with Gasteiger partial charge in [-0.2, -0.15) is 4.98 Å². The smallest absolute Gasteiger partial charge is 0.240 e. The molecule has 1 amide bonds. The first kappa shape index (κ1) is 16.6. The van der Waals surface area contributed by atoms with Gasteiger partial charge in [0.15, 0.2) is 5.82 Å². The Bertz CT molecular complexity index is 648. The van der Waals surface area contributed by atoms with E-state index in [1.807, 2.05) is 37.3 Å². The first-order chi connectivity index (χ1) is 11.7. The third kappa shape index (κ3) is 4.41. The number of hydrogen-bond acceptors (Lipinski definition) is 5. The average molecular weight is 328 g/mol. The van der Waals surface area contributed by atoms with Gasteiger partial charge in [0.2, 0.25) is 11.8 Å². The molecule has 0 saturated carbocycles. The van der Waals surface area contributed by atoms with Gasteiger partial charge >= 0.3 is 0 Å². The lowest BCUT2D eigenvalue weighted by Crippen LogP contribution is -2.40. The number of nitrogens with one attached hydrogen (secondary N) is 1. The Morgan fingerprint density at radius 2 is 2.04 bits per heavy atom. The zero-order valence-corrected chi connectivity index (χ0v) is 14.1. The molecule has 6 nitrogen and oxygen atoms in total. The standard InChI is InChI=1S/C18H24N4O2/c1-2-16-20-17(24-21-16)13-22-10-8-15(9-11-22)18(23)19-12-14-6-4-3-5-7-14/h3-7,15H,2,8-13H2,1H3,(H,19,23). The van der Waals surface area contributed by atoms with Crippen LogP contribution < -0.4 is 5.32 Å². The molecule has 1 aromatic carbocycles. The van der Waals surface area contributed by atoms with E-state index >= 15 is 0 Å². The number of carbonyl (C=O) groups excluding carboxylic acids is 1. The normalized spacial score (nSPS) is 16.2. The third-order valence-corrected chi connectivity index (χ3v) is 4.45. The molecule has 1 fully saturated rings. The predicted molar refractivity (Wildman–Crippen MR) is 90.0 cm³/mol. The molecule has 1 aromatic heterocycles. The molecule has 0 radical (unpaired) electrons. The van der Waals surface area contributed by atoms with Crippen molar-refractivity contribution in [3.63, 3.8) is 0 Å². The van der Waals surface area contributed by atoms with E-state index in [-0.39, 0.29) is 11.8 Å². The van der Waals surface area contributed by atoms with Crippen molar-refractivity contribution >= 4 is 5.91 Å². The van der Waals surface area contributed by atoms with Gasteiger partial charge in [-0.15, -0.1) is 0 Å². The molecule has 24 heavy (non-hydrogen) atoms. The van der Waals surface area contributed by atoms with E-state index in [0.717, 1.165) is 43.7 Å². The second-order valence-corrected chi connectivity index (χ2v) is 6.21. The molecule has 1 N–H and O–H groups in total. The average Bonchev–Trinajstić information content (AvgIpc) is 3.09. The van der Waals surface area contributed by atoms with Crippen molar-refractivity contribution in [2.75, 3.05) is 13.1 Å². The minimum atomic E-state index is 0.0962. The number of aryl methyl sites for hydroxylation is 1. The molecule has 0 unspecified atom stereocenters. The second-order valence-electron chi connectivity index (χ2n) is 6.21. The largest absolute Gasteiger partial charge is 0.352 e. The molecule has 1 saturated heterocycles. The molecule has 0 atom stereocenters. The lowest BCUT2D eigenvalue weighted by Gasteiger charge is -2.30.